The number of nitrogens with two attached hydrogens (primary N) is 1. The maximum atomic E-state index is 8.72. The number of nitrogen functional groups attached to an aromatic ring is 1. The molecule has 3 N–H and O–H groups in total. The van der Waals surface area contributed by atoms with Crippen LogP contribution in [0.5, 0.6) is 11.6 Å². The fourth-order valence-electron chi connectivity index (χ4n) is 1.48. The van der Waals surface area contributed by atoms with Crippen LogP contribution in [0.15, 0.2) is 30.3 Å². The Morgan fingerprint density at radius 1 is 1.32 bits per heavy atom. The number of anilines is 1. The van der Waals surface area contributed by atoms with Gasteiger partial charge in [0.15, 0.2) is 0 Å². The fourth-order valence-corrected chi connectivity index (χ4v) is 1.48. The SMILES string of the molecule is CCc1nc(NN)cc(Oc2ccc(C#N)cc2)n1. The van der Waals surface area contributed by atoms with E-state index in [1.807, 2.05) is 13.0 Å². The van der Waals surface area contributed by atoms with Gasteiger partial charge >= 0.3 is 0 Å². The van der Waals surface area contributed by atoms with Crippen LogP contribution in [0.4, 0.5) is 5.82 Å². The van der Waals surface area contributed by atoms with Crippen LogP contribution in [-0.4, -0.2) is 9.97 Å². The second kappa shape index (κ2) is 5.80. The number of hydrogen-bond donors (Lipinski definition) is 2. The number of nitrogens with one attached hydrogen (secondary N) is 1. The Hall–Kier alpha value is -2.65. The van der Waals surface area contributed by atoms with Gasteiger partial charge in [-0.15, -0.1) is 0 Å². The molecular weight excluding hydrogens is 242 g/mol. The van der Waals surface area contributed by atoms with E-state index in [0.717, 1.165) is 0 Å². The Balaban J connectivity index is 2.24. The quantitative estimate of drug-likeness (QED) is 0.640. The van der Waals surface area contributed by atoms with E-state index in [4.69, 9.17) is 15.8 Å². The topological polar surface area (TPSA) is 96.9 Å². The van der Waals surface area contributed by atoms with Crippen LogP contribution >= 0.6 is 0 Å². The highest BCUT2D eigenvalue weighted by atomic mass is 16.5. The van der Waals surface area contributed by atoms with E-state index in [-0.39, 0.29) is 0 Å². The first-order valence-electron chi connectivity index (χ1n) is 5.77. The number of hydrogen-bond acceptors (Lipinski definition) is 6. The van der Waals surface area contributed by atoms with Crippen LogP contribution in [0.1, 0.15) is 18.3 Å². The van der Waals surface area contributed by atoms with Crippen molar-refractivity contribution in [2.45, 2.75) is 13.3 Å². The second-order valence-corrected chi connectivity index (χ2v) is 3.74. The van der Waals surface area contributed by atoms with Gasteiger partial charge in [-0.3, -0.25) is 0 Å². The van der Waals surface area contributed by atoms with Crippen molar-refractivity contribution in [1.29, 1.82) is 5.26 Å². The largest absolute Gasteiger partial charge is 0.439 e. The van der Waals surface area contributed by atoms with Crippen molar-refractivity contribution >= 4 is 5.82 Å². The van der Waals surface area contributed by atoms with Crippen LogP contribution < -0.4 is 16.0 Å². The summed E-state index contributed by atoms with van der Waals surface area (Å²) in [5.74, 6) is 7.48. The zero-order valence-electron chi connectivity index (χ0n) is 10.4. The van der Waals surface area contributed by atoms with Gasteiger partial charge in [0.1, 0.15) is 17.4 Å². The van der Waals surface area contributed by atoms with E-state index in [1.165, 1.54) is 0 Å². The molecule has 0 unspecified atom stereocenters. The summed E-state index contributed by atoms with van der Waals surface area (Å²) in [6.45, 7) is 1.95. The molecule has 0 aliphatic rings. The predicted octanol–water partition coefficient (Wildman–Crippen LogP) is 1.99. The van der Waals surface area contributed by atoms with Crippen molar-refractivity contribution < 1.29 is 4.74 Å². The third-order valence-electron chi connectivity index (χ3n) is 2.42. The van der Waals surface area contributed by atoms with Crippen molar-refractivity contribution in [2.75, 3.05) is 5.43 Å². The third kappa shape index (κ3) is 3.18. The summed E-state index contributed by atoms with van der Waals surface area (Å²) in [6.07, 6.45) is 0.680. The first-order valence-corrected chi connectivity index (χ1v) is 5.77. The minimum Gasteiger partial charge on any atom is -0.439 e. The molecule has 2 aromatic rings. The molecule has 96 valence electrons. The van der Waals surface area contributed by atoms with E-state index in [2.05, 4.69) is 15.4 Å². The lowest BCUT2D eigenvalue weighted by Gasteiger charge is -2.08. The molecule has 0 fully saturated rings. The molecule has 0 bridgehead atoms. The van der Waals surface area contributed by atoms with Crippen molar-refractivity contribution in [3.05, 3.63) is 41.7 Å². The number of benzene rings is 1. The van der Waals surface area contributed by atoms with Gasteiger partial charge in [0, 0.05) is 12.5 Å². The monoisotopic (exact) mass is 255 g/mol. The second-order valence-electron chi connectivity index (χ2n) is 3.74. The predicted molar refractivity (Wildman–Crippen MR) is 70.5 cm³/mol. The summed E-state index contributed by atoms with van der Waals surface area (Å²) in [5.41, 5.74) is 3.05. The van der Waals surface area contributed by atoms with E-state index in [1.54, 1.807) is 30.3 Å². The summed E-state index contributed by atoms with van der Waals surface area (Å²) < 4.78 is 5.61. The van der Waals surface area contributed by atoms with E-state index < -0.39 is 0 Å². The van der Waals surface area contributed by atoms with Gasteiger partial charge in [0.05, 0.1) is 11.6 Å². The molecule has 2 rings (SSSR count). The molecule has 0 radical (unpaired) electrons. The zero-order chi connectivity index (χ0) is 13.7. The first-order chi connectivity index (χ1) is 9.25. The summed E-state index contributed by atoms with van der Waals surface area (Å²) >= 11 is 0. The molecule has 0 saturated heterocycles. The lowest BCUT2D eigenvalue weighted by atomic mass is 10.2. The van der Waals surface area contributed by atoms with Gasteiger partial charge in [-0.25, -0.2) is 10.8 Å². The maximum Gasteiger partial charge on any atom is 0.224 e. The Kier molecular flexibility index (Phi) is 3.90. The highest BCUT2D eigenvalue weighted by Gasteiger charge is 2.05. The van der Waals surface area contributed by atoms with E-state index in [0.29, 0.717) is 35.3 Å². The molecular formula is C13H13N5O. The molecule has 0 spiro atoms. The minimum atomic E-state index is 0.407. The number of rotatable bonds is 4. The molecule has 6 heteroatoms. The van der Waals surface area contributed by atoms with Gasteiger partial charge in [-0.2, -0.15) is 10.2 Å². The van der Waals surface area contributed by atoms with E-state index >= 15 is 0 Å². The molecule has 0 saturated carbocycles. The van der Waals surface area contributed by atoms with Gasteiger partial charge in [-0.05, 0) is 24.3 Å². The first kappa shape index (κ1) is 12.8. The number of nitrogens with zero attached hydrogens (tertiary/aromatic N) is 3. The van der Waals surface area contributed by atoms with Crippen LogP contribution in [0.2, 0.25) is 0 Å². The summed E-state index contributed by atoms with van der Waals surface area (Å²) in [4.78, 5) is 8.41. The Morgan fingerprint density at radius 3 is 2.63 bits per heavy atom. The molecule has 1 heterocycles. The summed E-state index contributed by atoms with van der Waals surface area (Å²) in [7, 11) is 0. The molecule has 0 aliphatic carbocycles. The van der Waals surface area contributed by atoms with Crippen molar-refractivity contribution in [1.82, 2.24) is 9.97 Å². The molecule has 0 amide bonds. The Morgan fingerprint density at radius 2 is 2.05 bits per heavy atom. The average molecular weight is 255 g/mol. The standard InChI is InChI=1S/C13H13N5O/c1-2-11-16-12(18-15)7-13(17-11)19-10-5-3-9(8-14)4-6-10/h3-7H,2,15H2,1H3,(H,16,17,18). The zero-order valence-corrected chi connectivity index (χ0v) is 10.4. The molecule has 1 aromatic carbocycles. The normalized spacial score (nSPS) is 9.74. The molecule has 19 heavy (non-hydrogen) atoms. The maximum absolute atomic E-state index is 8.72. The Labute approximate surface area is 110 Å². The summed E-state index contributed by atoms with van der Waals surface area (Å²) in [5, 5.41) is 8.72. The lowest BCUT2D eigenvalue weighted by Crippen LogP contribution is -2.10. The smallest absolute Gasteiger partial charge is 0.224 e. The number of ether oxygens (including phenoxy) is 1. The van der Waals surface area contributed by atoms with Crippen molar-refractivity contribution in [3.63, 3.8) is 0 Å². The van der Waals surface area contributed by atoms with Crippen molar-refractivity contribution in [2.24, 2.45) is 5.84 Å². The van der Waals surface area contributed by atoms with Crippen molar-refractivity contribution in [3.8, 4) is 17.7 Å². The van der Waals surface area contributed by atoms with E-state index in [9.17, 15) is 0 Å². The molecule has 0 atom stereocenters. The lowest BCUT2D eigenvalue weighted by molar-refractivity contribution is 0.459. The molecule has 1 aromatic heterocycles. The number of aryl methyl sites for hydroxylation is 1. The van der Waals surface area contributed by atoms with Crippen LogP contribution in [0, 0.1) is 11.3 Å². The third-order valence-corrected chi connectivity index (χ3v) is 2.42. The van der Waals surface area contributed by atoms with Crippen LogP contribution in [0.25, 0.3) is 0 Å². The van der Waals surface area contributed by atoms with Gasteiger partial charge in [0.25, 0.3) is 0 Å². The fraction of sp³-hybridized carbons (Fsp3) is 0.154. The number of aromatic nitrogens is 2. The number of hydrazine groups is 1. The van der Waals surface area contributed by atoms with Gasteiger partial charge < -0.3 is 10.2 Å². The summed E-state index contributed by atoms with van der Waals surface area (Å²) in [6, 6.07) is 10.4. The van der Waals surface area contributed by atoms with Gasteiger partial charge in [-0.1, -0.05) is 6.92 Å². The van der Waals surface area contributed by atoms with Gasteiger partial charge in [0.2, 0.25) is 5.88 Å². The highest BCUT2D eigenvalue weighted by Crippen LogP contribution is 2.21. The molecule has 0 aliphatic heterocycles. The molecule has 6 nitrogen and oxygen atoms in total. The average Bonchev–Trinajstić information content (AvgIpc) is 2.47. The minimum absolute atomic E-state index is 0.407. The number of nitriles is 1. The van der Waals surface area contributed by atoms with Crippen LogP contribution in [0.3, 0.4) is 0 Å². The Bertz CT molecular complexity index is 581. The van der Waals surface area contributed by atoms with Crippen LogP contribution in [-0.2, 0) is 6.42 Å². The highest BCUT2D eigenvalue weighted by molar-refractivity contribution is 5.40.